The first-order chi connectivity index (χ1) is 14.8. The minimum Gasteiger partial charge on any atom is -0.318 e. The highest BCUT2D eigenvalue weighted by Gasteiger charge is 2.38. The molecule has 2 aliphatic heterocycles. The first-order valence-corrected chi connectivity index (χ1v) is 11.1. The molecule has 0 saturated carbocycles. The molecule has 3 heterocycles. The summed E-state index contributed by atoms with van der Waals surface area (Å²) in [6.45, 7) is 4.01. The first-order valence-electron chi connectivity index (χ1n) is 9.57. The summed E-state index contributed by atoms with van der Waals surface area (Å²) >= 11 is 26.0. The highest BCUT2D eigenvalue weighted by Crippen LogP contribution is 2.47. The summed E-state index contributed by atoms with van der Waals surface area (Å²) in [5, 5.41) is 6.70. The molecule has 0 saturated heterocycles. The Morgan fingerprint density at radius 2 is 1.68 bits per heavy atom. The van der Waals surface area contributed by atoms with Crippen LogP contribution in [0, 0.1) is 13.8 Å². The highest BCUT2D eigenvalue weighted by atomic mass is 35.5. The van der Waals surface area contributed by atoms with Crippen LogP contribution in [0.25, 0.3) is 5.69 Å². The van der Waals surface area contributed by atoms with Gasteiger partial charge in [0.1, 0.15) is 0 Å². The molecule has 4 nitrogen and oxygen atoms in total. The highest BCUT2D eigenvalue weighted by molar-refractivity contribution is 6.46. The van der Waals surface area contributed by atoms with Gasteiger partial charge in [0.15, 0.2) is 11.7 Å². The number of nitrogens with zero attached hydrogens (tertiary/aromatic N) is 4. The zero-order valence-corrected chi connectivity index (χ0v) is 19.6. The number of fused-ring (bicyclic) bond motifs is 2. The first kappa shape index (κ1) is 20.7. The van der Waals surface area contributed by atoms with E-state index in [1.807, 2.05) is 59.8 Å². The van der Waals surface area contributed by atoms with E-state index < -0.39 is 0 Å². The van der Waals surface area contributed by atoms with Gasteiger partial charge in [-0.1, -0.05) is 76.2 Å². The topological polar surface area (TPSA) is 33.4 Å². The van der Waals surface area contributed by atoms with Crippen molar-refractivity contribution in [3.05, 3.63) is 97.2 Å². The fraction of sp³-hybridized carbons (Fsp3) is 0.130. The second-order valence-electron chi connectivity index (χ2n) is 7.46. The normalized spacial score (nSPS) is 17.5. The summed E-state index contributed by atoms with van der Waals surface area (Å²) in [5.74, 6) is 1.28. The smallest absolute Gasteiger partial charge is 0.164 e. The van der Waals surface area contributed by atoms with Crippen LogP contribution in [0.3, 0.4) is 0 Å². The Balaban J connectivity index is 1.81. The van der Waals surface area contributed by atoms with E-state index >= 15 is 0 Å². The molecular weight excluding hydrogens is 474 g/mol. The Kier molecular flexibility index (Phi) is 5.14. The van der Waals surface area contributed by atoms with Crippen molar-refractivity contribution in [1.82, 2.24) is 14.7 Å². The third kappa shape index (κ3) is 3.39. The van der Waals surface area contributed by atoms with Crippen LogP contribution in [0.4, 0.5) is 5.82 Å². The molecule has 0 fully saturated rings. The largest absolute Gasteiger partial charge is 0.318 e. The number of amidine groups is 1. The van der Waals surface area contributed by atoms with E-state index in [1.165, 1.54) is 5.56 Å². The van der Waals surface area contributed by atoms with Crippen molar-refractivity contribution in [3.8, 4) is 5.69 Å². The number of halogens is 4. The van der Waals surface area contributed by atoms with E-state index in [4.69, 9.17) is 56.5 Å². The molecule has 0 radical (unpaired) electrons. The molecule has 0 N–H and O–H groups in total. The Bertz CT molecular complexity index is 1300. The zero-order chi connectivity index (χ0) is 21.9. The minimum atomic E-state index is -0.343. The van der Waals surface area contributed by atoms with Crippen LogP contribution < -0.4 is 0 Å². The van der Waals surface area contributed by atoms with Gasteiger partial charge in [-0.2, -0.15) is 5.10 Å². The van der Waals surface area contributed by atoms with Crippen LogP contribution in [0.2, 0.25) is 10.0 Å². The lowest BCUT2D eigenvalue weighted by atomic mass is 9.94. The molecule has 2 aromatic carbocycles. The van der Waals surface area contributed by atoms with Gasteiger partial charge in [0.2, 0.25) is 0 Å². The van der Waals surface area contributed by atoms with Gasteiger partial charge in [-0.15, -0.1) is 0 Å². The maximum absolute atomic E-state index is 6.66. The summed E-state index contributed by atoms with van der Waals surface area (Å²) in [6.07, 6.45) is 3.49. The maximum atomic E-state index is 6.66. The maximum Gasteiger partial charge on any atom is 0.164 e. The van der Waals surface area contributed by atoms with Gasteiger partial charge < -0.3 is 4.90 Å². The summed E-state index contributed by atoms with van der Waals surface area (Å²) in [5.41, 5.74) is 4.64. The summed E-state index contributed by atoms with van der Waals surface area (Å²) in [7, 11) is 0. The predicted octanol–water partition coefficient (Wildman–Crippen LogP) is 7.45. The zero-order valence-electron chi connectivity index (χ0n) is 16.6. The second-order valence-corrected chi connectivity index (χ2v) is 9.09. The summed E-state index contributed by atoms with van der Waals surface area (Å²) in [4.78, 5) is 6.82. The van der Waals surface area contributed by atoms with E-state index in [1.54, 1.807) is 18.3 Å². The Morgan fingerprint density at radius 1 is 0.935 bits per heavy atom. The van der Waals surface area contributed by atoms with Gasteiger partial charge in [-0.3, -0.25) is 0 Å². The van der Waals surface area contributed by atoms with Crippen molar-refractivity contribution in [2.75, 3.05) is 0 Å². The lowest BCUT2D eigenvalue weighted by Gasteiger charge is -2.37. The Morgan fingerprint density at radius 3 is 2.42 bits per heavy atom. The van der Waals surface area contributed by atoms with Crippen LogP contribution in [0.5, 0.6) is 0 Å². The van der Waals surface area contributed by atoms with E-state index in [9.17, 15) is 0 Å². The second kappa shape index (κ2) is 7.72. The molecule has 0 amide bonds. The van der Waals surface area contributed by atoms with Crippen molar-refractivity contribution in [2.45, 2.75) is 19.9 Å². The third-order valence-electron chi connectivity index (χ3n) is 5.38. The molecule has 31 heavy (non-hydrogen) atoms. The van der Waals surface area contributed by atoms with Gasteiger partial charge in [0.25, 0.3) is 0 Å². The van der Waals surface area contributed by atoms with Gasteiger partial charge in [0, 0.05) is 11.8 Å². The summed E-state index contributed by atoms with van der Waals surface area (Å²) < 4.78 is 1.84. The fourth-order valence-electron chi connectivity index (χ4n) is 3.95. The molecule has 1 atom stereocenters. The quantitative estimate of drug-likeness (QED) is 0.374. The van der Waals surface area contributed by atoms with Gasteiger partial charge in [0.05, 0.1) is 37.5 Å². The van der Waals surface area contributed by atoms with Gasteiger partial charge >= 0.3 is 0 Å². The number of allylic oxidation sites excluding steroid dienone is 2. The summed E-state index contributed by atoms with van der Waals surface area (Å²) in [6, 6.07) is 13.4. The molecule has 156 valence electrons. The van der Waals surface area contributed by atoms with E-state index in [-0.39, 0.29) is 6.04 Å². The van der Waals surface area contributed by atoms with E-state index in [0.717, 1.165) is 22.5 Å². The van der Waals surface area contributed by atoms with Crippen molar-refractivity contribution in [1.29, 1.82) is 0 Å². The number of rotatable bonds is 2. The van der Waals surface area contributed by atoms with Gasteiger partial charge in [-0.05, 0) is 43.7 Å². The third-order valence-corrected chi connectivity index (χ3v) is 6.70. The van der Waals surface area contributed by atoms with Crippen LogP contribution in [-0.4, -0.2) is 20.5 Å². The van der Waals surface area contributed by atoms with Crippen LogP contribution in [0.15, 0.2) is 69.8 Å². The predicted molar refractivity (Wildman–Crippen MR) is 128 cm³/mol. The average molecular weight is 490 g/mol. The monoisotopic (exact) mass is 488 g/mol. The number of benzene rings is 2. The molecule has 1 aromatic heterocycles. The molecule has 5 rings (SSSR count). The van der Waals surface area contributed by atoms with Crippen LogP contribution >= 0.6 is 46.4 Å². The molecule has 0 spiro atoms. The van der Waals surface area contributed by atoms with Crippen molar-refractivity contribution >= 4 is 58.1 Å². The lowest BCUT2D eigenvalue weighted by Crippen LogP contribution is -2.36. The number of hydrogen-bond acceptors (Lipinski definition) is 3. The lowest BCUT2D eigenvalue weighted by molar-refractivity contribution is 0.460. The molecule has 3 aromatic rings. The van der Waals surface area contributed by atoms with Crippen molar-refractivity contribution in [2.24, 2.45) is 4.99 Å². The van der Waals surface area contributed by atoms with Crippen LogP contribution in [-0.2, 0) is 0 Å². The number of aryl methyl sites for hydroxylation is 2. The van der Waals surface area contributed by atoms with Crippen LogP contribution in [0.1, 0.15) is 28.4 Å². The number of aliphatic imine (C=N–C) groups is 1. The molecule has 2 aliphatic rings. The van der Waals surface area contributed by atoms with Crippen molar-refractivity contribution in [3.63, 3.8) is 0 Å². The number of hydrogen-bond donors (Lipinski definition) is 0. The van der Waals surface area contributed by atoms with Crippen molar-refractivity contribution < 1.29 is 0 Å². The molecular formula is C23H16Cl4N4. The number of aromatic nitrogens is 2. The molecule has 8 heteroatoms. The van der Waals surface area contributed by atoms with Gasteiger partial charge in [-0.25, -0.2) is 9.67 Å². The average Bonchev–Trinajstić information content (AvgIpc) is 3.06. The van der Waals surface area contributed by atoms with E-state index in [2.05, 4.69) is 0 Å². The molecule has 0 bridgehead atoms. The molecule has 0 unspecified atom stereocenters. The van der Waals surface area contributed by atoms with E-state index in [0.29, 0.717) is 31.8 Å². The fourth-order valence-corrected chi connectivity index (χ4v) is 4.88. The minimum absolute atomic E-state index is 0.343. The SMILES string of the molecule is Cc1ccc(-n2nc(C)c3c2N=C2C(Cl)=CC(Cl)=CN2[C@@H]3c2cccc(Cl)c2Cl)cc1. The Labute approximate surface area is 200 Å². The Hall–Kier alpha value is -2.24. The molecule has 0 aliphatic carbocycles. The standard InChI is InChI=1S/C23H16Cl4N4/c1-12-6-8-15(9-7-12)31-23-19(13(2)29-31)21(16-4-3-5-17(25)20(16)27)30-11-14(24)10-18(26)22(30)28-23/h3-11,21H,1-2H3/t21-/m1/s1.